The van der Waals surface area contributed by atoms with Gasteiger partial charge in [0.05, 0.1) is 18.1 Å². The van der Waals surface area contributed by atoms with Crippen LogP contribution in [0.25, 0.3) is 6.08 Å². The van der Waals surface area contributed by atoms with E-state index >= 15 is 0 Å². The van der Waals surface area contributed by atoms with Gasteiger partial charge < -0.3 is 10.8 Å². The van der Waals surface area contributed by atoms with Crippen LogP contribution in [0, 0.1) is 5.92 Å². The van der Waals surface area contributed by atoms with Crippen molar-refractivity contribution in [2.75, 3.05) is 5.75 Å². The molecule has 0 bridgehead atoms. The molecule has 0 amide bonds. The number of thiol groups is 1. The van der Waals surface area contributed by atoms with Crippen LogP contribution in [0.1, 0.15) is 17.2 Å². The molecule has 0 radical (unpaired) electrons. The number of fused-ring (bicyclic) bond motifs is 1. The first-order valence-electron chi connectivity index (χ1n) is 5.50. The first-order valence-corrected chi connectivity index (χ1v) is 6.13. The van der Waals surface area contributed by atoms with Crippen LogP contribution >= 0.6 is 12.6 Å². The highest BCUT2D eigenvalue weighted by molar-refractivity contribution is 7.80. The van der Waals surface area contributed by atoms with Crippen LogP contribution in [-0.4, -0.2) is 22.7 Å². The molecule has 17 heavy (non-hydrogen) atoms. The number of hydrogen-bond acceptors (Lipinski definition) is 4. The maximum Gasteiger partial charge on any atom is 0.160 e. The van der Waals surface area contributed by atoms with Crippen molar-refractivity contribution in [1.29, 1.82) is 0 Å². The number of carbonyl (C=O) groups excluding carboxylic acids is 1. The van der Waals surface area contributed by atoms with Gasteiger partial charge in [-0.2, -0.15) is 12.6 Å². The Labute approximate surface area is 106 Å². The van der Waals surface area contributed by atoms with Crippen molar-refractivity contribution in [1.82, 2.24) is 0 Å². The topological polar surface area (TPSA) is 63.3 Å². The molecule has 1 aliphatic carbocycles. The Bertz CT molecular complexity index is 458. The van der Waals surface area contributed by atoms with Gasteiger partial charge in [-0.15, -0.1) is 0 Å². The number of aliphatic hydroxyl groups is 1. The number of benzene rings is 1. The van der Waals surface area contributed by atoms with Gasteiger partial charge in [0, 0.05) is 5.75 Å². The van der Waals surface area contributed by atoms with E-state index < -0.39 is 18.1 Å². The summed E-state index contributed by atoms with van der Waals surface area (Å²) in [6, 6.07) is 6.86. The van der Waals surface area contributed by atoms with E-state index in [4.69, 9.17) is 5.73 Å². The van der Waals surface area contributed by atoms with E-state index in [2.05, 4.69) is 12.6 Å². The summed E-state index contributed by atoms with van der Waals surface area (Å²) < 4.78 is 0. The maximum absolute atomic E-state index is 12.0. The Kier molecular flexibility index (Phi) is 3.66. The van der Waals surface area contributed by atoms with Gasteiger partial charge in [0.2, 0.25) is 0 Å². The maximum atomic E-state index is 12.0. The molecule has 4 heteroatoms. The number of ketones is 1. The minimum atomic E-state index is -0.811. The Morgan fingerprint density at radius 2 is 2.18 bits per heavy atom. The molecule has 0 spiro atoms. The predicted octanol–water partition coefficient (Wildman–Crippen LogP) is 1.19. The fraction of sp³-hybridized carbons (Fsp3) is 0.308. The monoisotopic (exact) mass is 249 g/mol. The molecule has 1 aromatic rings. The van der Waals surface area contributed by atoms with Gasteiger partial charge in [0.25, 0.3) is 0 Å². The molecule has 0 heterocycles. The van der Waals surface area contributed by atoms with Crippen molar-refractivity contribution in [3.8, 4) is 0 Å². The number of Topliss-reactive ketones (excluding diaryl/α,β-unsaturated/α-hetero) is 1. The van der Waals surface area contributed by atoms with Gasteiger partial charge >= 0.3 is 0 Å². The molecule has 2 unspecified atom stereocenters. The molecule has 0 aliphatic heterocycles. The van der Waals surface area contributed by atoms with Gasteiger partial charge in [0.1, 0.15) is 0 Å². The van der Waals surface area contributed by atoms with Crippen LogP contribution in [0.5, 0.6) is 0 Å². The number of hydrogen-bond donors (Lipinski definition) is 3. The Morgan fingerprint density at radius 1 is 1.47 bits per heavy atom. The summed E-state index contributed by atoms with van der Waals surface area (Å²) in [7, 11) is 0. The molecule has 1 aliphatic rings. The third-order valence-electron chi connectivity index (χ3n) is 3.03. The lowest BCUT2D eigenvalue weighted by atomic mass is 9.83. The zero-order valence-corrected chi connectivity index (χ0v) is 10.2. The summed E-state index contributed by atoms with van der Waals surface area (Å²) in [5, 5.41) is 10.2. The third kappa shape index (κ3) is 2.29. The molecule has 1 aromatic carbocycles. The van der Waals surface area contributed by atoms with Gasteiger partial charge in [0.15, 0.2) is 5.78 Å². The summed E-state index contributed by atoms with van der Waals surface area (Å²) in [5.74, 6) is -0.442. The normalized spacial score (nSPS) is 24.2. The number of nitrogens with two attached hydrogens (primary N) is 1. The average Bonchev–Trinajstić information content (AvgIpc) is 2.38. The third-order valence-corrected chi connectivity index (χ3v) is 3.42. The van der Waals surface area contributed by atoms with E-state index in [1.54, 1.807) is 6.08 Å². The molecule has 2 rings (SSSR count). The van der Waals surface area contributed by atoms with Crippen molar-refractivity contribution < 1.29 is 9.90 Å². The zero-order chi connectivity index (χ0) is 12.4. The van der Waals surface area contributed by atoms with Crippen molar-refractivity contribution in [2.45, 2.75) is 12.1 Å². The van der Waals surface area contributed by atoms with Crippen molar-refractivity contribution in [2.24, 2.45) is 11.7 Å². The molecule has 90 valence electrons. The standard InChI is InChI=1S/C13H15NO2S/c14-11(7-17)13(16)10-6-5-8-3-1-2-4-9(8)12(10)15/h1-6,10-12,15,17H,7,14H2/t10?,11-,12?/m1/s1. The van der Waals surface area contributed by atoms with E-state index in [0.29, 0.717) is 0 Å². The van der Waals surface area contributed by atoms with Crippen molar-refractivity contribution >= 4 is 24.5 Å². The summed E-state index contributed by atoms with van der Waals surface area (Å²) in [6.07, 6.45) is 2.77. The van der Waals surface area contributed by atoms with Crippen molar-refractivity contribution in [3.63, 3.8) is 0 Å². The van der Waals surface area contributed by atoms with Crippen LogP contribution in [0.2, 0.25) is 0 Å². The van der Waals surface area contributed by atoms with Gasteiger partial charge in [-0.05, 0) is 11.1 Å². The molecule has 0 saturated heterocycles. The Morgan fingerprint density at radius 3 is 2.88 bits per heavy atom. The largest absolute Gasteiger partial charge is 0.387 e. The highest BCUT2D eigenvalue weighted by Crippen LogP contribution is 2.32. The zero-order valence-electron chi connectivity index (χ0n) is 9.28. The second-order valence-corrected chi connectivity index (χ2v) is 4.52. The molecule has 0 aromatic heterocycles. The lowest BCUT2D eigenvalue weighted by molar-refractivity contribution is -0.125. The summed E-state index contributed by atoms with van der Waals surface area (Å²) in [6.45, 7) is 0. The Balaban J connectivity index is 2.29. The molecular weight excluding hydrogens is 234 g/mol. The second kappa shape index (κ2) is 5.04. The lowest BCUT2D eigenvalue weighted by Crippen LogP contribution is -2.39. The van der Waals surface area contributed by atoms with Crippen LogP contribution in [-0.2, 0) is 4.79 Å². The average molecular weight is 249 g/mol. The smallest absolute Gasteiger partial charge is 0.160 e. The van der Waals surface area contributed by atoms with Gasteiger partial charge in [-0.25, -0.2) is 0 Å². The molecular formula is C13H15NO2S. The highest BCUT2D eigenvalue weighted by atomic mass is 32.1. The SMILES string of the molecule is N[C@H](CS)C(=O)C1C=Cc2ccccc2C1O. The highest BCUT2D eigenvalue weighted by Gasteiger charge is 2.31. The lowest BCUT2D eigenvalue weighted by Gasteiger charge is -2.26. The molecule has 0 fully saturated rings. The van der Waals surface area contributed by atoms with Gasteiger partial charge in [-0.1, -0.05) is 36.4 Å². The molecule has 0 saturated carbocycles. The number of rotatable bonds is 3. The first-order chi connectivity index (χ1) is 8.15. The van der Waals surface area contributed by atoms with Crippen LogP contribution in [0.4, 0.5) is 0 Å². The van der Waals surface area contributed by atoms with E-state index in [9.17, 15) is 9.90 Å². The molecule has 3 nitrogen and oxygen atoms in total. The fourth-order valence-corrected chi connectivity index (χ4v) is 2.21. The predicted molar refractivity (Wildman–Crippen MR) is 70.8 cm³/mol. The summed E-state index contributed by atoms with van der Waals surface area (Å²) >= 11 is 4.01. The summed E-state index contributed by atoms with van der Waals surface area (Å²) in [4.78, 5) is 12.0. The molecule has 3 N–H and O–H groups in total. The van der Waals surface area contributed by atoms with Crippen molar-refractivity contribution in [3.05, 3.63) is 41.5 Å². The number of carbonyl (C=O) groups is 1. The van der Waals surface area contributed by atoms with E-state index in [1.165, 1.54) is 0 Å². The van der Waals surface area contributed by atoms with Crippen LogP contribution in [0.15, 0.2) is 30.3 Å². The second-order valence-electron chi connectivity index (χ2n) is 4.15. The fourth-order valence-electron chi connectivity index (χ4n) is 2.03. The van der Waals surface area contributed by atoms with Gasteiger partial charge in [-0.3, -0.25) is 4.79 Å². The van der Waals surface area contributed by atoms with E-state index in [-0.39, 0.29) is 11.5 Å². The minimum Gasteiger partial charge on any atom is -0.387 e. The van der Waals surface area contributed by atoms with Crippen LogP contribution < -0.4 is 5.73 Å². The van der Waals surface area contributed by atoms with E-state index in [1.807, 2.05) is 30.3 Å². The minimum absolute atomic E-state index is 0.168. The first kappa shape index (κ1) is 12.4. The quantitative estimate of drug-likeness (QED) is 0.705. The summed E-state index contributed by atoms with van der Waals surface area (Å²) in [5.41, 5.74) is 7.38. The van der Waals surface area contributed by atoms with E-state index in [0.717, 1.165) is 11.1 Å². The Hall–Kier alpha value is -1.10. The number of aliphatic hydroxyl groups excluding tert-OH is 1. The van der Waals surface area contributed by atoms with Crippen LogP contribution in [0.3, 0.4) is 0 Å². The molecule has 3 atom stereocenters.